The first kappa shape index (κ1) is 18.5. The standard InChI is InChI=1S/C16H23ClN2O3/c1-11(2)16(22)18-8-9-19(3)15(21)10-14(20)12-4-6-13(17)7-5-12/h4-7,11,14,20H,8-10H2,1-3H3,(H,18,22). The molecule has 2 amide bonds. The number of nitrogens with zero attached hydrogens (tertiary/aromatic N) is 1. The van der Waals surface area contributed by atoms with Gasteiger partial charge in [-0.2, -0.15) is 0 Å². The number of carbonyl (C=O) groups excluding carboxylic acids is 2. The van der Waals surface area contributed by atoms with Crippen molar-refractivity contribution in [3.8, 4) is 0 Å². The van der Waals surface area contributed by atoms with E-state index in [9.17, 15) is 14.7 Å². The molecule has 0 aliphatic carbocycles. The second kappa shape index (κ2) is 8.76. The lowest BCUT2D eigenvalue weighted by molar-refractivity contribution is -0.132. The van der Waals surface area contributed by atoms with Crippen LogP contribution in [-0.4, -0.2) is 42.0 Å². The number of aliphatic hydroxyl groups is 1. The highest BCUT2D eigenvalue weighted by Crippen LogP contribution is 2.19. The summed E-state index contributed by atoms with van der Waals surface area (Å²) in [4.78, 5) is 24.9. The molecule has 0 aliphatic heterocycles. The van der Waals surface area contributed by atoms with Crippen molar-refractivity contribution < 1.29 is 14.7 Å². The molecule has 0 spiro atoms. The molecule has 122 valence electrons. The Balaban J connectivity index is 2.40. The minimum Gasteiger partial charge on any atom is -0.388 e. The number of aliphatic hydroxyl groups excluding tert-OH is 1. The first-order chi connectivity index (χ1) is 10.3. The van der Waals surface area contributed by atoms with Crippen molar-refractivity contribution in [1.29, 1.82) is 0 Å². The monoisotopic (exact) mass is 326 g/mol. The summed E-state index contributed by atoms with van der Waals surface area (Å²) in [5, 5.41) is 13.4. The van der Waals surface area contributed by atoms with Gasteiger partial charge in [-0.25, -0.2) is 0 Å². The summed E-state index contributed by atoms with van der Waals surface area (Å²) in [6.45, 7) is 4.43. The van der Waals surface area contributed by atoms with Gasteiger partial charge < -0.3 is 15.3 Å². The molecule has 0 saturated carbocycles. The molecule has 0 aliphatic rings. The van der Waals surface area contributed by atoms with Crippen LogP contribution in [0.15, 0.2) is 24.3 Å². The van der Waals surface area contributed by atoms with Crippen LogP contribution in [0, 0.1) is 5.92 Å². The SMILES string of the molecule is CC(C)C(=O)NCCN(C)C(=O)CC(O)c1ccc(Cl)cc1. The molecule has 0 saturated heterocycles. The van der Waals surface area contributed by atoms with Gasteiger partial charge in [0.15, 0.2) is 0 Å². The minimum absolute atomic E-state index is 0.00371. The van der Waals surface area contributed by atoms with Crippen LogP contribution in [0.2, 0.25) is 5.02 Å². The maximum Gasteiger partial charge on any atom is 0.225 e. The predicted molar refractivity (Wildman–Crippen MR) is 86.5 cm³/mol. The Bertz CT molecular complexity index is 503. The molecule has 1 atom stereocenters. The van der Waals surface area contributed by atoms with E-state index in [1.54, 1.807) is 31.3 Å². The van der Waals surface area contributed by atoms with E-state index in [-0.39, 0.29) is 24.2 Å². The number of carbonyl (C=O) groups is 2. The van der Waals surface area contributed by atoms with Gasteiger partial charge in [-0.15, -0.1) is 0 Å². The van der Waals surface area contributed by atoms with Gasteiger partial charge in [0, 0.05) is 31.1 Å². The van der Waals surface area contributed by atoms with Gasteiger partial charge in [-0.05, 0) is 17.7 Å². The summed E-state index contributed by atoms with van der Waals surface area (Å²) in [6, 6.07) is 6.75. The predicted octanol–water partition coefficient (Wildman–Crippen LogP) is 1.99. The molecule has 1 aromatic rings. The highest BCUT2D eigenvalue weighted by Gasteiger charge is 2.16. The Kier molecular flexibility index (Phi) is 7.35. The molecule has 0 fully saturated rings. The van der Waals surface area contributed by atoms with E-state index >= 15 is 0 Å². The Morgan fingerprint density at radius 1 is 1.27 bits per heavy atom. The summed E-state index contributed by atoms with van der Waals surface area (Å²) in [7, 11) is 1.65. The van der Waals surface area contributed by atoms with Crippen LogP contribution in [0.25, 0.3) is 0 Å². The molecule has 1 rings (SSSR count). The van der Waals surface area contributed by atoms with E-state index in [2.05, 4.69) is 5.32 Å². The molecule has 0 radical (unpaired) electrons. The van der Waals surface area contributed by atoms with Crippen molar-refractivity contribution in [2.45, 2.75) is 26.4 Å². The fraction of sp³-hybridized carbons (Fsp3) is 0.500. The third-order valence-electron chi connectivity index (χ3n) is 3.32. The number of rotatable bonds is 7. The van der Waals surface area contributed by atoms with Gasteiger partial charge in [-0.3, -0.25) is 9.59 Å². The summed E-state index contributed by atoms with van der Waals surface area (Å²) in [5.74, 6) is -0.295. The summed E-state index contributed by atoms with van der Waals surface area (Å²) in [5.41, 5.74) is 0.652. The number of likely N-dealkylation sites (N-methyl/N-ethyl adjacent to an activating group) is 1. The van der Waals surface area contributed by atoms with Gasteiger partial charge >= 0.3 is 0 Å². The number of nitrogens with one attached hydrogen (secondary N) is 1. The van der Waals surface area contributed by atoms with Crippen LogP contribution in [-0.2, 0) is 9.59 Å². The Morgan fingerprint density at radius 3 is 2.41 bits per heavy atom. The minimum atomic E-state index is -0.863. The zero-order chi connectivity index (χ0) is 16.7. The van der Waals surface area contributed by atoms with Crippen molar-refractivity contribution in [3.05, 3.63) is 34.9 Å². The van der Waals surface area contributed by atoms with Crippen LogP contribution < -0.4 is 5.32 Å². The van der Waals surface area contributed by atoms with Crippen molar-refractivity contribution in [1.82, 2.24) is 10.2 Å². The Morgan fingerprint density at radius 2 is 1.86 bits per heavy atom. The maximum atomic E-state index is 12.0. The molecule has 0 bridgehead atoms. The number of amides is 2. The van der Waals surface area contributed by atoms with Crippen LogP contribution in [0.1, 0.15) is 31.9 Å². The normalized spacial score (nSPS) is 12.1. The van der Waals surface area contributed by atoms with E-state index < -0.39 is 6.10 Å². The van der Waals surface area contributed by atoms with Gasteiger partial charge in [0.2, 0.25) is 11.8 Å². The number of benzene rings is 1. The van der Waals surface area contributed by atoms with E-state index in [1.165, 1.54) is 4.90 Å². The van der Waals surface area contributed by atoms with Crippen LogP contribution in [0.3, 0.4) is 0 Å². The van der Waals surface area contributed by atoms with E-state index in [0.717, 1.165) is 0 Å². The Labute approximate surface area is 136 Å². The maximum absolute atomic E-state index is 12.0. The average Bonchev–Trinajstić information content (AvgIpc) is 2.47. The first-order valence-electron chi connectivity index (χ1n) is 7.26. The first-order valence-corrected chi connectivity index (χ1v) is 7.64. The van der Waals surface area contributed by atoms with E-state index in [0.29, 0.717) is 23.7 Å². The molecule has 22 heavy (non-hydrogen) atoms. The zero-order valence-electron chi connectivity index (χ0n) is 13.2. The molecule has 1 unspecified atom stereocenters. The topological polar surface area (TPSA) is 69.6 Å². The molecule has 1 aromatic carbocycles. The Hall–Kier alpha value is -1.59. The van der Waals surface area contributed by atoms with Crippen molar-refractivity contribution in [2.24, 2.45) is 5.92 Å². The summed E-state index contributed by atoms with van der Waals surface area (Å²) in [6.07, 6.45) is -0.867. The molecule has 2 N–H and O–H groups in total. The van der Waals surface area contributed by atoms with Crippen LogP contribution in [0.5, 0.6) is 0 Å². The molecular formula is C16H23ClN2O3. The number of halogens is 1. The van der Waals surface area contributed by atoms with Crippen molar-refractivity contribution in [3.63, 3.8) is 0 Å². The van der Waals surface area contributed by atoms with Gasteiger partial charge in [0.1, 0.15) is 0 Å². The molecule has 6 heteroatoms. The third-order valence-corrected chi connectivity index (χ3v) is 3.57. The largest absolute Gasteiger partial charge is 0.388 e. The lowest BCUT2D eigenvalue weighted by Crippen LogP contribution is -2.37. The van der Waals surface area contributed by atoms with Crippen molar-refractivity contribution >= 4 is 23.4 Å². The highest BCUT2D eigenvalue weighted by atomic mass is 35.5. The molecular weight excluding hydrogens is 304 g/mol. The van der Waals surface area contributed by atoms with Gasteiger partial charge in [0.05, 0.1) is 12.5 Å². The second-order valence-electron chi connectivity index (χ2n) is 5.53. The fourth-order valence-electron chi connectivity index (χ4n) is 1.80. The van der Waals surface area contributed by atoms with Crippen LogP contribution in [0.4, 0.5) is 0 Å². The van der Waals surface area contributed by atoms with E-state index in [4.69, 9.17) is 11.6 Å². The third kappa shape index (κ3) is 6.03. The van der Waals surface area contributed by atoms with Gasteiger partial charge in [0.25, 0.3) is 0 Å². The zero-order valence-corrected chi connectivity index (χ0v) is 13.9. The van der Waals surface area contributed by atoms with E-state index in [1.807, 2.05) is 13.8 Å². The smallest absolute Gasteiger partial charge is 0.225 e. The summed E-state index contributed by atoms with van der Waals surface area (Å²) >= 11 is 5.79. The molecule has 0 heterocycles. The fourth-order valence-corrected chi connectivity index (χ4v) is 1.93. The summed E-state index contributed by atoms with van der Waals surface area (Å²) < 4.78 is 0. The number of hydrogen-bond donors (Lipinski definition) is 2. The average molecular weight is 327 g/mol. The molecule has 5 nitrogen and oxygen atoms in total. The molecule has 0 aromatic heterocycles. The lowest BCUT2D eigenvalue weighted by atomic mass is 10.1. The van der Waals surface area contributed by atoms with Crippen molar-refractivity contribution in [2.75, 3.05) is 20.1 Å². The van der Waals surface area contributed by atoms with Crippen LogP contribution >= 0.6 is 11.6 Å². The highest BCUT2D eigenvalue weighted by molar-refractivity contribution is 6.30. The quantitative estimate of drug-likeness (QED) is 0.805. The number of hydrogen-bond acceptors (Lipinski definition) is 3. The second-order valence-corrected chi connectivity index (χ2v) is 5.97. The lowest BCUT2D eigenvalue weighted by Gasteiger charge is -2.20. The van der Waals surface area contributed by atoms with Gasteiger partial charge in [-0.1, -0.05) is 37.6 Å².